The van der Waals surface area contributed by atoms with E-state index in [1.807, 2.05) is 0 Å². The van der Waals surface area contributed by atoms with Gasteiger partial charge in [-0.2, -0.15) is 0 Å². The summed E-state index contributed by atoms with van der Waals surface area (Å²) in [4.78, 5) is 37.8. The van der Waals surface area contributed by atoms with Crippen LogP contribution in [0.2, 0.25) is 0 Å². The van der Waals surface area contributed by atoms with Crippen LogP contribution in [0.25, 0.3) is 0 Å². The number of halogens is 1. The van der Waals surface area contributed by atoms with Gasteiger partial charge in [0.1, 0.15) is 5.82 Å². The number of likely N-dealkylation sites (tertiary alicyclic amines) is 1. The summed E-state index contributed by atoms with van der Waals surface area (Å²) in [5, 5.41) is 0. The van der Waals surface area contributed by atoms with Crippen LogP contribution in [0.3, 0.4) is 0 Å². The summed E-state index contributed by atoms with van der Waals surface area (Å²) < 4.78 is 13.2. The summed E-state index contributed by atoms with van der Waals surface area (Å²) in [5.74, 6) is -1.83. The average molecular weight is 334 g/mol. The van der Waals surface area contributed by atoms with Crippen molar-refractivity contribution < 1.29 is 18.8 Å². The fraction of sp³-hybridized carbons (Fsp3) is 0.500. The van der Waals surface area contributed by atoms with Gasteiger partial charge in [0.2, 0.25) is 11.8 Å². The molecule has 24 heavy (non-hydrogen) atoms. The molecule has 0 radical (unpaired) electrons. The van der Waals surface area contributed by atoms with Gasteiger partial charge in [0, 0.05) is 36.9 Å². The molecule has 1 aromatic rings. The van der Waals surface area contributed by atoms with Gasteiger partial charge in [-0.25, -0.2) is 4.39 Å². The van der Waals surface area contributed by atoms with Crippen molar-refractivity contribution in [2.45, 2.75) is 45.1 Å². The molecule has 0 unspecified atom stereocenters. The second-order valence-electron chi connectivity index (χ2n) is 6.39. The molecule has 1 fully saturated rings. The van der Waals surface area contributed by atoms with Crippen molar-refractivity contribution in [2.24, 2.45) is 11.7 Å². The van der Waals surface area contributed by atoms with Gasteiger partial charge in [-0.15, -0.1) is 0 Å². The van der Waals surface area contributed by atoms with E-state index >= 15 is 0 Å². The minimum Gasteiger partial charge on any atom is -0.370 e. The first-order chi connectivity index (χ1) is 11.4. The molecule has 0 bridgehead atoms. The van der Waals surface area contributed by atoms with E-state index in [-0.39, 0.29) is 36.1 Å². The number of hydrogen-bond donors (Lipinski definition) is 1. The lowest BCUT2D eigenvalue weighted by molar-refractivity contribution is -0.139. The highest BCUT2D eigenvalue weighted by Gasteiger charge is 2.31. The Labute approximate surface area is 141 Å². The Kier molecular flexibility index (Phi) is 6.06. The maximum atomic E-state index is 13.2. The first-order valence-electron chi connectivity index (χ1n) is 8.26. The summed E-state index contributed by atoms with van der Waals surface area (Å²) in [6.07, 6.45) is 2.75. The molecule has 1 aliphatic heterocycles. The van der Waals surface area contributed by atoms with Crippen molar-refractivity contribution in [3.63, 3.8) is 0 Å². The van der Waals surface area contributed by atoms with Gasteiger partial charge in [0.15, 0.2) is 5.78 Å². The molecule has 6 heteroatoms. The largest absolute Gasteiger partial charge is 0.370 e. The van der Waals surface area contributed by atoms with Crippen LogP contribution in [0.5, 0.6) is 0 Å². The van der Waals surface area contributed by atoms with Gasteiger partial charge in [0.05, 0.1) is 0 Å². The van der Waals surface area contributed by atoms with E-state index in [9.17, 15) is 18.8 Å². The molecule has 130 valence electrons. The number of ketones is 1. The zero-order valence-corrected chi connectivity index (χ0v) is 13.8. The first-order valence-corrected chi connectivity index (χ1v) is 8.26. The van der Waals surface area contributed by atoms with Gasteiger partial charge in [-0.1, -0.05) is 19.1 Å². The lowest BCUT2D eigenvalue weighted by Gasteiger charge is -2.36. The molecular weight excluding hydrogens is 311 g/mol. The van der Waals surface area contributed by atoms with Gasteiger partial charge in [-0.3, -0.25) is 14.4 Å². The van der Waals surface area contributed by atoms with E-state index in [0.717, 1.165) is 19.3 Å². The Morgan fingerprint density at radius 2 is 2.08 bits per heavy atom. The van der Waals surface area contributed by atoms with Crippen molar-refractivity contribution >= 4 is 17.6 Å². The molecule has 1 saturated heterocycles. The number of rotatable bonds is 6. The fourth-order valence-corrected chi connectivity index (χ4v) is 3.16. The van der Waals surface area contributed by atoms with E-state index in [4.69, 9.17) is 5.73 Å². The molecule has 2 amide bonds. The number of hydrogen-bond acceptors (Lipinski definition) is 3. The number of piperidine rings is 1. The van der Waals surface area contributed by atoms with Crippen LogP contribution in [-0.2, 0) is 9.59 Å². The number of amides is 2. The number of Topliss-reactive ketones (excluding diaryl/α,β-unsaturated/α-hetero) is 1. The van der Waals surface area contributed by atoms with Crippen LogP contribution in [-0.4, -0.2) is 35.1 Å². The third-order valence-corrected chi connectivity index (χ3v) is 4.41. The molecule has 2 rings (SSSR count). The lowest BCUT2D eigenvalue weighted by atomic mass is 9.94. The second kappa shape index (κ2) is 8.04. The highest BCUT2D eigenvalue weighted by atomic mass is 19.1. The quantitative estimate of drug-likeness (QED) is 0.811. The van der Waals surface area contributed by atoms with Crippen molar-refractivity contribution in [2.75, 3.05) is 6.54 Å². The highest BCUT2D eigenvalue weighted by Crippen LogP contribution is 2.23. The smallest absolute Gasteiger partial charge is 0.226 e. The van der Waals surface area contributed by atoms with Gasteiger partial charge in [-0.05, 0) is 31.4 Å². The van der Waals surface area contributed by atoms with Crippen molar-refractivity contribution in [1.29, 1.82) is 0 Å². The summed E-state index contributed by atoms with van der Waals surface area (Å²) >= 11 is 0. The average Bonchev–Trinajstić information content (AvgIpc) is 2.54. The third-order valence-electron chi connectivity index (χ3n) is 4.41. The summed E-state index contributed by atoms with van der Waals surface area (Å²) in [6, 6.07) is 5.28. The van der Waals surface area contributed by atoms with Crippen LogP contribution in [0.15, 0.2) is 24.3 Å². The van der Waals surface area contributed by atoms with E-state index in [2.05, 4.69) is 0 Å². The molecule has 2 atom stereocenters. The third kappa shape index (κ3) is 4.63. The Bertz CT molecular complexity index is 632. The normalized spacial score (nSPS) is 18.9. The minimum atomic E-state index is -0.519. The Morgan fingerprint density at radius 1 is 1.33 bits per heavy atom. The number of primary amides is 1. The van der Waals surface area contributed by atoms with E-state index in [1.54, 1.807) is 17.9 Å². The molecule has 0 saturated carbocycles. The van der Waals surface area contributed by atoms with Crippen molar-refractivity contribution in [1.82, 2.24) is 4.90 Å². The van der Waals surface area contributed by atoms with Crippen LogP contribution in [0.4, 0.5) is 4.39 Å². The van der Waals surface area contributed by atoms with E-state index in [0.29, 0.717) is 6.54 Å². The molecule has 0 spiro atoms. The Hall–Kier alpha value is -2.24. The monoisotopic (exact) mass is 334 g/mol. The lowest BCUT2D eigenvalue weighted by Crippen LogP contribution is -2.47. The zero-order chi connectivity index (χ0) is 17.7. The van der Waals surface area contributed by atoms with Gasteiger partial charge < -0.3 is 10.6 Å². The number of carbonyl (C=O) groups excluding carboxylic acids is 3. The number of nitrogens with two attached hydrogens (primary N) is 1. The maximum absolute atomic E-state index is 13.2. The topological polar surface area (TPSA) is 80.5 Å². The molecule has 1 aromatic carbocycles. The number of nitrogens with zero attached hydrogens (tertiary/aromatic N) is 1. The van der Waals surface area contributed by atoms with Crippen LogP contribution in [0.1, 0.15) is 49.4 Å². The standard InChI is InChI=1S/C18H23FN2O3/c1-12(9-16(22)13-5-4-6-14(19)10-13)18(24)21-8-3-2-7-15(21)11-17(20)23/h4-6,10,12,15H,2-3,7-9,11H2,1H3,(H2,20,23)/t12-,15+/m0/s1. The fourth-order valence-electron chi connectivity index (χ4n) is 3.16. The summed E-state index contributed by atoms with van der Waals surface area (Å²) in [7, 11) is 0. The number of benzene rings is 1. The molecule has 0 aromatic heterocycles. The van der Waals surface area contributed by atoms with Crippen LogP contribution >= 0.6 is 0 Å². The molecule has 1 aliphatic rings. The minimum absolute atomic E-state index is 0.0160. The summed E-state index contributed by atoms with van der Waals surface area (Å²) in [5.41, 5.74) is 5.53. The molecular formula is C18H23FN2O3. The predicted molar refractivity (Wildman–Crippen MR) is 87.7 cm³/mol. The van der Waals surface area contributed by atoms with E-state index in [1.165, 1.54) is 18.2 Å². The van der Waals surface area contributed by atoms with Gasteiger partial charge in [0.25, 0.3) is 0 Å². The predicted octanol–water partition coefficient (Wildman–Crippen LogP) is 2.29. The molecule has 1 heterocycles. The van der Waals surface area contributed by atoms with Crippen molar-refractivity contribution in [3.05, 3.63) is 35.6 Å². The second-order valence-corrected chi connectivity index (χ2v) is 6.39. The Balaban J connectivity index is 2.02. The molecule has 5 nitrogen and oxygen atoms in total. The maximum Gasteiger partial charge on any atom is 0.226 e. The Morgan fingerprint density at radius 3 is 2.75 bits per heavy atom. The van der Waals surface area contributed by atoms with Crippen molar-refractivity contribution in [3.8, 4) is 0 Å². The zero-order valence-electron chi connectivity index (χ0n) is 13.8. The van der Waals surface area contributed by atoms with Crippen LogP contribution in [0, 0.1) is 11.7 Å². The molecule has 0 aliphatic carbocycles. The van der Waals surface area contributed by atoms with E-state index < -0.39 is 17.6 Å². The summed E-state index contributed by atoms with van der Waals surface area (Å²) in [6.45, 7) is 2.27. The van der Waals surface area contributed by atoms with Crippen LogP contribution < -0.4 is 5.73 Å². The van der Waals surface area contributed by atoms with Gasteiger partial charge >= 0.3 is 0 Å². The number of carbonyl (C=O) groups is 3. The highest BCUT2D eigenvalue weighted by molar-refractivity contribution is 5.98. The first kappa shape index (κ1) is 18.1. The molecule has 2 N–H and O–H groups in total. The SMILES string of the molecule is C[C@@H](CC(=O)c1cccc(F)c1)C(=O)N1CCCC[C@@H]1CC(N)=O.